The fraction of sp³-hybridized carbons (Fsp3) is 0.522. The van der Waals surface area contributed by atoms with Crippen LogP contribution in [0.1, 0.15) is 46.8 Å². The van der Waals surface area contributed by atoms with Crippen LogP contribution in [0.4, 0.5) is 4.79 Å². The van der Waals surface area contributed by atoms with E-state index < -0.39 is 16.1 Å². The Morgan fingerprint density at radius 1 is 1.26 bits per heavy atom. The average Bonchev–Trinajstić information content (AvgIpc) is 3.32. The van der Waals surface area contributed by atoms with Crippen LogP contribution in [-0.4, -0.2) is 72.5 Å². The lowest BCUT2D eigenvalue weighted by molar-refractivity contribution is 0.0781. The molecule has 1 unspecified atom stereocenters. The first kappa shape index (κ1) is 25.0. The largest absolute Gasteiger partial charge is 0.497 e. The van der Waals surface area contributed by atoms with E-state index >= 15 is 0 Å². The van der Waals surface area contributed by atoms with E-state index in [2.05, 4.69) is 10.3 Å². The Morgan fingerprint density at radius 2 is 1.94 bits per heavy atom. The number of likely N-dealkylation sites (tertiary alicyclic amines) is 1. The van der Waals surface area contributed by atoms with E-state index in [0.717, 1.165) is 12.8 Å². The number of nitrogens with one attached hydrogen (secondary N) is 1. The second kappa shape index (κ2) is 9.86. The third kappa shape index (κ3) is 5.43. The molecule has 2 amide bonds. The van der Waals surface area contributed by atoms with Crippen LogP contribution >= 0.6 is 0 Å². The molecule has 0 bridgehead atoms. The summed E-state index contributed by atoms with van der Waals surface area (Å²) in [7, 11) is -2.30. The van der Waals surface area contributed by atoms with Crippen molar-refractivity contribution in [3.05, 3.63) is 41.1 Å². The second-order valence-corrected chi connectivity index (χ2v) is 10.9. The zero-order valence-corrected chi connectivity index (χ0v) is 20.8. The molecule has 2 aliphatic rings. The first-order valence-electron chi connectivity index (χ1n) is 11.5. The lowest BCUT2D eigenvalue weighted by Crippen LogP contribution is -2.34. The summed E-state index contributed by atoms with van der Waals surface area (Å²) >= 11 is 0. The molecule has 4 rings (SSSR count). The number of nitrogens with zero attached hydrogens (tertiary/aromatic N) is 3. The molecule has 1 aliphatic heterocycles. The Balaban J connectivity index is 1.49. The zero-order chi connectivity index (χ0) is 25.3. The summed E-state index contributed by atoms with van der Waals surface area (Å²) < 4.78 is 39.5. The number of benzene rings is 1. The molecule has 1 aromatic carbocycles. The molecule has 35 heavy (non-hydrogen) atoms. The molecule has 0 spiro atoms. The number of amides is 2. The molecule has 12 heteroatoms. The molecule has 11 nitrogen and oxygen atoms in total. The van der Waals surface area contributed by atoms with E-state index in [1.807, 2.05) is 0 Å². The number of methoxy groups -OCH3 is 1. The van der Waals surface area contributed by atoms with E-state index in [9.17, 15) is 18.0 Å². The number of carbonyl (C=O) groups excluding carboxylic acids is 1. The van der Waals surface area contributed by atoms with Gasteiger partial charge in [0.1, 0.15) is 12.0 Å². The SMILES string of the molecule is COc1cc(C)c(S(=O)(=O)N(Cc2nc(C(=O)N3CCC(CNC(=O)O)C3)co2)C2CC2)c(C)c1. The van der Waals surface area contributed by atoms with Gasteiger partial charge in [0.25, 0.3) is 5.91 Å². The topological polar surface area (TPSA) is 142 Å². The zero-order valence-electron chi connectivity index (χ0n) is 20.0. The summed E-state index contributed by atoms with van der Waals surface area (Å²) in [5.74, 6) is 0.458. The van der Waals surface area contributed by atoms with Gasteiger partial charge in [-0.3, -0.25) is 4.79 Å². The third-order valence-corrected chi connectivity index (χ3v) is 8.57. The molecule has 2 aromatic rings. The first-order valence-corrected chi connectivity index (χ1v) is 12.9. The Labute approximate surface area is 204 Å². The smallest absolute Gasteiger partial charge is 0.404 e. The normalized spacial score (nSPS) is 18.2. The Bertz CT molecular complexity index is 1200. The second-order valence-electron chi connectivity index (χ2n) is 9.09. The van der Waals surface area contributed by atoms with Crippen LogP contribution in [0.15, 0.2) is 27.7 Å². The van der Waals surface area contributed by atoms with Gasteiger partial charge >= 0.3 is 6.09 Å². The molecule has 2 fully saturated rings. The highest BCUT2D eigenvalue weighted by atomic mass is 32.2. The standard InChI is InChI=1S/C23H30N4O7S/c1-14-8-18(33-3)9-15(2)21(14)35(31,32)27(17-4-5-17)12-20-25-19(13-34-20)22(28)26-7-6-16(11-26)10-24-23(29)30/h8-9,13,16-17,24H,4-7,10-12H2,1-3H3,(H,29,30). The number of hydrogen-bond donors (Lipinski definition) is 2. The molecule has 1 saturated carbocycles. The van der Waals surface area contributed by atoms with Crippen LogP contribution in [-0.2, 0) is 16.6 Å². The van der Waals surface area contributed by atoms with Crippen LogP contribution in [0.3, 0.4) is 0 Å². The summed E-state index contributed by atoms with van der Waals surface area (Å²) in [6, 6.07) is 3.25. The third-order valence-electron chi connectivity index (χ3n) is 6.37. The molecular weight excluding hydrogens is 476 g/mol. The number of ether oxygens (including phenoxy) is 1. The summed E-state index contributed by atoms with van der Waals surface area (Å²) in [5.41, 5.74) is 1.30. The summed E-state index contributed by atoms with van der Waals surface area (Å²) in [4.78, 5) is 29.7. The Hall–Kier alpha value is -3.12. The van der Waals surface area contributed by atoms with E-state index in [0.29, 0.717) is 36.4 Å². The van der Waals surface area contributed by atoms with Gasteiger partial charge in [-0.25, -0.2) is 18.2 Å². The fourth-order valence-corrected chi connectivity index (χ4v) is 6.57. The van der Waals surface area contributed by atoms with Crippen LogP contribution in [0, 0.1) is 19.8 Å². The molecule has 2 heterocycles. The highest BCUT2D eigenvalue weighted by Gasteiger charge is 2.40. The molecule has 1 aliphatic carbocycles. The number of carboxylic acid groups (broad SMARTS) is 1. The van der Waals surface area contributed by atoms with E-state index in [1.54, 1.807) is 30.9 Å². The minimum atomic E-state index is -3.84. The lowest BCUT2D eigenvalue weighted by atomic mass is 10.1. The number of oxazole rings is 1. The van der Waals surface area contributed by atoms with Crippen molar-refractivity contribution < 1.29 is 32.3 Å². The number of rotatable bonds is 9. The highest BCUT2D eigenvalue weighted by molar-refractivity contribution is 7.89. The van der Waals surface area contributed by atoms with Crippen molar-refractivity contribution in [1.82, 2.24) is 19.5 Å². The van der Waals surface area contributed by atoms with Crippen molar-refractivity contribution in [1.29, 1.82) is 0 Å². The average molecular weight is 507 g/mol. The Kier molecular flexibility index (Phi) is 7.04. The molecule has 1 saturated heterocycles. The summed E-state index contributed by atoms with van der Waals surface area (Å²) in [6.07, 6.45) is 2.35. The van der Waals surface area contributed by atoms with Gasteiger partial charge < -0.3 is 24.5 Å². The van der Waals surface area contributed by atoms with Gasteiger partial charge in [-0.2, -0.15) is 4.31 Å². The molecular formula is C23H30N4O7S. The number of sulfonamides is 1. The quantitative estimate of drug-likeness (QED) is 0.528. The molecule has 1 atom stereocenters. The predicted octanol–water partition coefficient (Wildman–Crippen LogP) is 2.38. The molecule has 190 valence electrons. The molecule has 0 radical (unpaired) electrons. The van der Waals surface area contributed by atoms with Gasteiger partial charge in [0.2, 0.25) is 15.9 Å². The van der Waals surface area contributed by atoms with Crippen molar-refractivity contribution in [2.45, 2.75) is 50.6 Å². The maximum absolute atomic E-state index is 13.6. The van der Waals surface area contributed by atoms with Crippen molar-refractivity contribution in [2.75, 3.05) is 26.7 Å². The lowest BCUT2D eigenvalue weighted by Gasteiger charge is -2.23. The summed E-state index contributed by atoms with van der Waals surface area (Å²) in [5, 5.41) is 11.1. The van der Waals surface area contributed by atoms with Gasteiger partial charge in [-0.05, 0) is 62.3 Å². The Morgan fingerprint density at radius 3 is 2.54 bits per heavy atom. The predicted molar refractivity (Wildman–Crippen MR) is 125 cm³/mol. The molecule has 1 aromatic heterocycles. The number of aryl methyl sites for hydroxylation is 2. The van der Waals surface area contributed by atoms with Gasteiger partial charge in [0.05, 0.1) is 18.6 Å². The minimum Gasteiger partial charge on any atom is -0.497 e. The number of hydrogen-bond acceptors (Lipinski definition) is 7. The van der Waals surface area contributed by atoms with E-state index in [4.69, 9.17) is 14.3 Å². The van der Waals surface area contributed by atoms with Crippen molar-refractivity contribution in [3.63, 3.8) is 0 Å². The van der Waals surface area contributed by atoms with Gasteiger partial charge in [-0.1, -0.05) is 0 Å². The monoisotopic (exact) mass is 506 g/mol. The maximum Gasteiger partial charge on any atom is 0.404 e. The maximum atomic E-state index is 13.6. The van der Waals surface area contributed by atoms with Crippen LogP contribution in [0.5, 0.6) is 5.75 Å². The fourth-order valence-electron chi connectivity index (χ4n) is 4.52. The van der Waals surface area contributed by atoms with Crippen molar-refractivity contribution in [3.8, 4) is 5.75 Å². The minimum absolute atomic E-state index is 0.0351. The van der Waals surface area contributed by atoms with Gasteiger partial charge in [0.15, 0.2) is 5.69 Å². The molecule has 2 N–H and O–H groups in total. The van der Waals surface area contributed by atoms with Crippen LogP contribution in [0.2, 0.25) is 0 Å². The summed E-state index contributed by atoms with van der Waals surface area (Å²) in [6.45, 7) is 4.60. The van der Waals surface area contributed by atoms with E-state index in [1.165, 1.54) is 17.7 Å². The van der Waals surface area contributed by atoms with Crippen molar-refractivity contribution >= 4 is 22.0 Å². The van der Waals surface area contributed by atoms with Crippen LogP contribution < -0.4 is 10.1 Å². The highest BCUT2D eigenvalue weighted by Crippen LogP contribution is 2.36. The van der Waals surface area contributed by atoms with E-state index in [-0.39, 0.29) is 47.4 Å². The number of aromatic nitrogens is 1. The van der Waals surface area contributed by atoms with Gasteiger partial charge in [-0.15, -0.1) is 0 Å². The van der Waals surface area contributed by atoms with Crippen LogP contribution in [0.25, 0.3) is 0 Å². The van der Waals surface area contributed by atoms with Crippen molar-refractivity contribution in [2.24, 2.45) is 5.92 Å². The van der Waals surface area contributed by atoms with Gasteiger partial charge in [0, 0.05) is 25.7 Å². The number of carbonyl (C=O) groups is 2. The first-order chi connectivity index (χ1) is 16.6.